The Morgan fingerprint density at radius 3 is 2.42 bits per heavy atom. The highest BCUT2D eigenvalue weighted by Crippen LogP contribution is 2.30. The van der Waals surface area contributed by atoms with Crippen LogP contribution in [0.1, 0.15) is 56.2 Å². The van der Waals surface area contributed by atoms with Crippen molar-refractivity contribution < 1.29 is 19.2 Å². The monoisotopic (exact) mass is 485 g/mol. The number of likely N-dealkylation sites (N-methyl/N-ethyl adjacent to an activating group) is 1. The summed E-state index contributed by atoms with van der Waals surface area (Å²) in [5.74, 6) is -0.0773. The fraction of sp³-hybridized carbons (Fsp3) is 0.310. The molecule has 0 N–H and O–H groups in total. The Labute approximate surface area is 211 Å². The van der Waals surface area contributed by atoms with Gasteiger partial charge in [-0.3, -0.25) is 14.6 Å². The Bertz CT molecular complexity index is 1240. The Balaban J connectivity index is 1.53. The van der Waals surface area contributed by atoms with Crippen LogP contribution in [0.2, 0.25) is 0 Å². The summed E-state index contributed by atoms with van der Waals surface area (Å²) in [5.41, 5.74) is 4.89. The quantitative estimate of drug-likeness (QED) is 0.293. The maximum Gasteiger partial charge on any atom is 0.170 e. The normalized spacial score (nSPS) is 14.5. The molecule has 186 valence electrons. The molecule has 0 saturated heterocycles. The number of carbonyl (C=O) groups is 2. The average molecular weight is 486 g/mol. The molecule has 7 nitrogen and oxygen atoms in total. The number of ether oxygens (including phenoxy) is 1. The smallest absolute Gasteiger partial charge is 0.170 e. The average Bonchev–Trinajstić information content (AvgIpc) is 3.29. The van der Waals surface area contributed by atoms with Crippen molar-refractivity contribution in [2.24, 2.45) is 5.16 Å². The molecule has 0 saturated carbocycles. The van der Waals surface area contributed by atoms with E-state index in [0.717, 1.165) is 41.8 Å². The Hall–Kier alpha value is -3.84. The molecule has 1 aromatic heterocycles. The SMILES string of the molecule is CO/N=C1/CCc2cc(C(=O)C(CC(=O)c3ccc(OCCN(C)C)cc3)c3ccncc3)ccc21. The lowest BCUT2D eigenvalue weighted by atomic mass is 9.85. The van der Waals surface area contributed by atoms with E-state index in [9.17, 15) is 9.59 Å². The molecule has 2 aromatic carbocycles. The van der Waals surface area contributed by atoms with E-state index in [1.807, 2.05) is 37.2 Å². The fourth-order valence-corrected chi connectivity index (χ4v) is 4.37. The Morgan fingerprint density at radius 2 is 1.72 bits per heavy atom. The number of carbonyl (C=O) groups excluding carboxylic acids is 2. The van der Waals surface area contributed by atoms with E-state index in [4.69, 9.17) is 9.57 Å². The second-order valence-corrected chi connectivity index (χ2v) is 9.09. The maximum absolute atomic E-state index is 13.7. The van der Waals surface area contributed by atoms with E-state index in [2.05, 4.69) is 10.1 Å². The summed E-state index contributed by atoms with van der Waals surface area (Å²) >= 11 is 0. The van der Waals surface area contributed by atoms with Crippen LogP contribution in [0.5, 0.6) is 5.75 Å². The molecule has 1 aliphatic rings. The van der Waals surface area contributed by atoms with Gasteiger partial charge in [-0.05, 0) is 80.5 Å². The van der Waals surface area contributed by atoms with Gasteiger partial charge in [0.25, 0.3) is 0 Å². The molecule has 1 atom stereocenters. The van der Waals surface area contributed by atoms with Crippen molar-refractivity contribution in [2.45, 2.75) is 25.2 Å². The van der Waals surface area contributed by atoms with Gasteiger partial charge >= 0.3 is 0 Å². The van der Waals surface area contributed by atoms with Crippen molar-refractivity contribution in [1.82, 2.24) is 9.88 Å². The molecule has 1 heterocycles. The molecule has 0 radical (unpaired) electrons. The van der Waals surface area contributed by atoms with Crippen LogP contribution < -0.4 is 4.74 Å². The Kier molecular flexibility index (Phi) is 8.23. The van der Waals surface area contributed by atoms with Gasteiger partial charge in [0.15, 0.2) is 11.6 Å². The summed E-state index contributed by atoms with van der Waals surface area (Å²) < 4.78 is 5.73. The lowest BCUT2D eigenvalue weighted by Crippen LogP contribution is -2.19. The summed E-state index contributed by atoms with van der Waals surface area (Å²) in [6.45, 7) is 1.37. The number of Topliss-reactive ketones (excluding diaryl/α,β-unsaturated/α-hetero) is 2. The highest BCUT2D eigenvalue weighted by molar-refractivity contribution is 6.08. The summed E-state index contributed by atoms with van der Waals surface area (Å²) in [4.78, 5) is 38.0. The summed E-state index contributed by atoms with van der Waals surface area (Å²) in [5, 5.41) is 4.09. The molecule has 0 fully saturated rings. The Morgan fingerprint density at radius 1 is 1.00 bits per heavy atom. The number of benzene rings is 2. The first-order chi connectivity index (χ1) is 17.5. The number of pyridine rings is 1. The number of hydrogen-bond donors (Lipinski definition) is 0. The van der Waals surface area contributed by atoms with Gasteiger partial charge in [0.2, 0.25) is 0 Å². The van der Waals surface area contributed by atoms with Crippen LogP contribution in [0.25, 0.3) is 0 Å². The third kappa shape index (κ3) is 6.04. The number of aryl methyl sites for hydroxylation is 1. The van der Waals surface area contributed by atoms with Crippen LogP contribution in [0.15, 0.2) is 72.1 Å². The first-order valence-corrected chi connectivity index (χ1v) is 12.0. The van der Waals surface area contributed by atoms with Crippen molar-refractivity contribution in [1.29, 1.82) is 0 Å². The number of nitrogens with zero attached hydrogens (tertiary/aromatic N) is 3. The zero-order valence-electron chi connectivity index (χ0n) is 20.9. The first kappa shape index (κ1) is 25.3. The molecule has 1 aliphatic carbocycles. The van der Waals surface area contributed by atoms with Crippen molar-refractivity contribution >= 4 is 17.3 Å². The predicted molar refractivity (Wildman–Crippen MR) is 139 cm³/mol. The number of fused-ring (bicyclic) bond motifs is 1. The molecule has 0 spiro atoms. The van der Waals surface area contributed by atoms with E-state index < -0.39 is 5.92 Å². The van der Waals surface area contributed by atoms with Crippen LogP contribution >= 0.6 is 0 Å². The van der Waals surface area contributed by atoms with Gasteiger partial charge in [-0.25, -0.2) is 0 Å². The standard InChI is InChI=1S/C29H31N3O4/c1-32(2)16-17-36-24-8-4-21(5-9-24)28(33)19-26(20-12-14-30-15-13-20)29(34)23-6-10-25-22(18-23)7-11-27(25)31-35-3/h4-6,8-10,12-15,18,26H,7,11,16-17,19H2,1-3H3/b31-27-. The largest absolute Gasteiger partial charge is 0.492 e. The number of oxime groups is 1. The zero-order chi connectivity index (χ0) is 25.5. The lowest BCUT2D eigenvalue weighted by molar-refractivity contribution is 0.0893. The van der Waals surface area contributed by atoms with E-state index in [1.165, 1.54) is 7.11 Å². The van der Waals surface area contributed by atoms with Crippen molar-refractivity contribution in [3.63, 3.8) is 0 Å². The molecule has 0 bridgehead atoms. The van der Waals surface area contributed by atoms with Crippen LogP contribution in [-0.4, -0.2) is 61.5 Å². The predicted octanol–water partition coefficient (Wildman–Crippen LogP) is 4.56. The van der Waals surface area contributed by atoms with E-state index in [1.54, 1.807) is 48.8 Å². The summed E-state index contributed by atoms with van der Waals surface area (Å²) in [6.07, 6.45) is 4.95. The topological polar surface area (TPSA) is 81.1 Å². The highest BCUT2D eigenvalue weighted by atomic mass is 16.6. The fourth-order valence-electron chi connectivity index (χ4n) is 4.37. The van der Waals surface area contributed by atoms with Crippen LogP contribution in [0.4, 0.5) is 0 Å². The van der Waals surface area contributed by atoms with Gasteiger partial charge in [-0.15, -0.1) is 0 Å². The van der Waals surface area contributed by atoms with Gasteiger partial charge in [-0.1, -0.05) is 17.3 Å². The molecule has 1 unspecified atom stereocenters. The number of hydrogen-bond acceptors (Lipinski definition) is 7. The lowest BCUT2D eigenvalue weighted by Gasteiger charge is -2.17. The summed E-state index contributed by atoms with van der Waals surface area (Å²) in [6, 6.07) is 16.4. The highest BCUT2D eigenvalue weighted by Gasteiger charge is 2.27. The van der Waals surface area contributed by atoms with Crippen LogP contribution in [0.3, 0.4) is 0 Å². The molecule has 0 aliphatic heterocycles. The van der Waals surface area contributed by atoms with E-state index in [0.29, 0.717) is 23.5 Å². The molecule has 3 aromatic rings. The van der Waals surface area contributed by atoms with Crippen LogP contribution in [0, 0.1) is 0 Å². The van der Waals surface area contributed by atoms with Gasteiger partial charge in [-0.2, -0.15) is 0 Å². The van der Waals surface area contributed by atoms with Gasteiger partial charge < -0.3 is 14.5 Å². The molecule has 4 rings (SSSR count). The van der Waals surface area contributed by atoms with Gasteiger partial charge in [0, 0.05) is 42.0 Å². The molecule has 0 amide bonds. The number of aromatic nitrogens is 1. The minimum Gasteiger partial charge on any atom is -0.492 e. The van der Waals surface area contributed by atoms with Gasteiger partial charge in [0.05, 0.1) is 11.6 Å². The minimum absolute atomic E-state index is 0.0666. The summed E-state index contributed by atoms with van der Waals surface area (Å²) in [7, 11) is 5.51. The molecular formula is C29H31N3O4. The van der Waals surface area contributed by atoms with Gasteiger partial charge in [0.1, 0.15) is 19.5 Å². The third-order valence-electron chi connectivity index (χ3n) is 6.33. The molecule has 7 heteroatoms. The van der Waals surface area contributed by atoms with Crippen molar-refractivity contribution in [3.8, 4) is 5.75 Å². The number of rotatable bonds is 11. The van der Waals surface area contributed by atoms with Crippen molar-refractivity contribution in [2.75, 3.05) is 34.4 Å². The third-order valence-corrected chi connectivity index (χ3v) is 6.33. The molecular weight excluding hydrogens is 454 g/mol. The van der Waals surface area contributed by atoms with E-state index >= 15 is 0 Å². The van der Waals surface area contributed by atoms with E-state index in [-0.39, 0.29) is 18.0 Å². The second-order valence-electron chi connectivity index (χ2n) is 9.09. The first-order valence-electron chi connectivity index (χ1n) is 12.0. The molecule has 36 heavy (non-hydrogen) atoms. The second kappa shape index (κ2) is 11.7. The van der Waals surface area contributed by atoms with Crippen molar-refractivity contribution in [3.05, 3.63) is 94.8 Å². The van der Waals surface area contributed by atoms with Crippen LogP contribution in [-0.2, 0) is 11.3 Å². The zero-order valence-corrected chi connectivity index (χ0v) is 20.9. The maximum atomic E-state index is 13.7. The number of ketones is 2. The minimum atomic E-state index is -0.608.